The van der Waals surface area contributed by atoms with Crippen LogP contribution in [0.2, 0.25) is 0 Å². The van der Waals surface area contributed by atoms with Crippen molar-refractivity contribution in [2.24, 2.45) is 13.0 Å². The van der Waals surface area contributed by atoms with Crippen molar-refractivity contribution in [2.75, 3.05) is 24.6 Å². The Morgan fingerprint density at radius 3 is 2.30 bits per heavy atom. The molecule has 0 aliphatic carbocycles. The summed E-state index contributed by atoms with van der Waals surface area (Å²) >= 11 is 0. The van der Waals surface area contributed by atoms with E-state index in [-0.39, 0.29) is 24.6 Å². The second kappa shape index (κ2) is 8.51. The molecule has 2 amide bonds. The maximum absolute atomic E-state index is 13.0. The number of nitrogens with zero attached hydrogens (tertiary/aromatic N) is 3. The third kappa shape index (κ3) is 3.84. The van der Waals surface area contributed by atoms with E-state index in [9.17, 15) is 19.5 Å². The quantitative estimate of drug-likeness (QED) is 0.597. The lowest BCUT2D eigenvalue weighted by Gasteiger charge is -2.33. The summed E-state index contributed by atoms with van der Waals surface area (Å²) in [5.41, 5.74) is 4.38. The number of imide groups is 1. The number of carbonyl (C=O) groups excluding carboxylic acids is 2. The highest BCUT2D eigenvalue weighted by Crippen LogP contribution is 2.30. The van der Waals surface area contributed by atoms with Crippen LogP contribution in [0.25, 0.3) is 22.2 Å². The van der Waals surface area contributed by atoms with E-state index in [1.807, 2.05) is 18.2 Å². The zero-order valence-corrected chi connectivity index (χ0v) is 18.7. The van der Waals surface area contributed by atoms with Crippen LogP contribution in [-0.2, 0) is 16.6 Å². The predicted molar refractivity (Wildman–Crippen MR) is 126 cm³/mol. The fraction of sp³-hybridized carbons (Fsp3) is 0.400. The van der Waals surface area contributed by atoms with E-state index in [4.69, 9.17) is 0 Å². The Hall–Kier alpha value is -3.39. The van der Waals surface area contributed by atoms with E-state index < -0.39 is 11.9 Å². The molecule has 0 spiro atoms. The molecule has 1 unspecified atom stereocenters. The first-order valence-electron chi connectivity index (χ1n) is 11.5. The maximum atomic E-state index is 13.0. The Bertz CT molecular complexity index is 1270. The lowest BCUT2D eigenvalue weighted by molar-refractivity contribution is -0.135. The Balaban J connectivity index is 1.43. The summed E-state index contributed by atoms with van der Waals surface area (Å²) in [6.45, 7) is 2.17. The van der Waals surface area contributed by atoms with Gasteiger partial charge in [0.25, 0.3) is 0 Å². The molecule has 1 aromatic heterocycles. The molecule has 2 aromatic carbocycles. The molecule has 0 radical (unpaired) electrons. The van der Waals surface area contributed by atoms with Crippen LogP contribution in [0.5, 0.6) is 0 Å². The van der Waals surface area contributed by atoms with E-state index in [0.717, 1.165) is 42.6 Å². The minimum absolute atomic E-state index is 0.224. The summed E-state index contributed by atoms with van der Waals surface area (Å²) in [6, 6.07) is 13.5. The van der Waals surface area contributed by atoms with E-state index in [1.165, 1.54) is 10.3 Å². The zero-order valence-electron chi connectivity index (χ0n) is 18.7. The predicted octanol–water partition coefficient (Wildman–Crippen LogP) is 2.19. The molecular weight excluding hydrogens is 420 g/mol. The van der Waals surface area contributed by atoms with Gasteiger partial charge in [-0.1, -0.05) is 18.2 Å². The van der Waals surface area contributed by atoms with Gasteiger partial charge >= 0.3 is 5.69 Å². The molecular formula is C25H28N4O4. The molecule has 2 aliphatic rings. The number of hydrogen-bond donors (Lipinski definition) is 2. The van der Waals surface area contributed by atoms with Gasteiger partial charge in [-0.3, -0.25) is 24.0 Å². The summed E-state index contributed by atoms with van der Waals surface area (Å²) in [7, 11) is 1.70. The topological polar surface area (TPSA) is 96.6 Å². The molecule has 3 heterocycles. The average Bonchev–Trinajstić information content (AvgIpc) is 3.09. The zero-order chi connectivity index (χ0) is 23.1. The van der Waals surface area contributed by atoms with Crippen molar-refractivity contribution in [1.29, 1.82) is 0 Å². The number of aromatic nitrogens is 2. The fourth-order valence-corrected chi connectivity index (χ4v) is 5.01. The lowest BCUT2D eigenvalue weighted by Crippen LogP contribution is -2.44. The number of nitrogens with one attached hydrogen (secondary N) is 1. The molecule has 2 saturated heterocycles. The van der Waals surface area contributed by atoms with Gasteiger partial charge in [-0.05, 0) is 60.6 Å². The number of anilines is 1. The number of fused-ring (bicyclic) bond motifs is 1. The number of aliphatic hydroxyl groups excluding tert-OH is 1. The van der Waals surface area contributed by atoms with Gasteiger partial charge in [-0.25, -0.2) is 4.79 Å². The molecule has 2 N–H and O–H groups in total. The summed E-state index contributed by atoms with van der Waals surface area (Å²) in [5, 5.41) is 11.7. The van der Waals surface area contributed by atoms with Crippen molar-refractivity contribution in [3.8, 4) is 11.1 Å². The van der Waals surface area contributed by atoms with Crippen LogP contribution in [0, 0.1) is 5.92 Å². The molecule has 1 atom stereocenters. The van der Waals surface area contributed by atoms with Crippen LogP contribution in [0.4, 0.5) is 5.69 Å². The number of benzene rings is 2. The third-order valence-corrected chi connectivity index (χ3v) is 7.05. The molecule has 8 heteroatoms. The summed E-state index contributed by atoms with van der Waals surface area (Å²) in [5.74, 6) is -0.317. The summed E-state index contributed by atoms with van der Waals surface area (Å²) in [6.07, 6.45) is 2.56. The van der Waals surface area contributed by atoms with Crippen LogP contribution in [0.15, 0.2) is 47.3 Å². The van der Waals surface area contributed by atoms with Crippen molar-refractivity contribution >= 4 is 28.5 Å². The third-order valence-electron chi connectivity index (χ3n) is 7.05. The van der Waals surface area contributed by atoms with E-state index >= 15 is 0 Å². The van der Waals surface area contributed by atoms with Crippen molar-refractivity contribution < 1.29 is 14.7 Å². The first-order valence-corrected chi connectivity index (χ1v) is 11.5. The van der Waals surface area contributed by atoms with Crippen LogP contribution < -0.4 is 15.9 Å². The highest BCUT2D eigenvalue weighted by Gasteiger charge is 2.31. The number of rotatable bonds is 4. The van der Waals surface area contributed by atoms with E-state index in [2.05, 4.69) is 34.5 Å². The fourth-order valence-electron chi connectivity index (χ4n) is 5.01. The highest BCUT2D eigenvalue weighted by molar-refractivity contribution is 6.00. The Labute approximate surface area is 191 Å². The van der Waals surface area contributed by atoms with Gasteiger partial charge in [0.1, 0.15) is 6.04 Å². The van der Waals surface area contributed by atoms with Gasteiger partial charge in [0.2, 0.25) is 11.8 Å². The molecule has 8 nitrogen and oxygen atoms in total. The first-order chi connectivity index (χ1) is 16.0. The molecule has 5 rings (SSSR count). The Morgan fingerprint density at radius 1 is 0.939 bits per heavy atom. The first kappa shape index (κ1) is 21.5. The van der Waals surface area contributed by atoms with Crippen LogP contribution in [0.3, 0.4) is 0 Å². The Kier molecular flexibility index (Phi) is 5.54. The lowest BCUT2D eigenvalue weighted by atomic mass is 9.97. The van der Waals surface area contributed by atoms with E-state index in [0.29, 0.717) is 17.9 Å². The standard InChI is InChI=1S/C25H28N4O4/c1-27-22-14-18(17-2-5-19(6-3-17)28-12-10-16(15-30)11-13-28)4-7-20(22)29(25(27)33)21-8-9-23(31)26-24(21)32/h2-7,14,16,21,30H,8-13,15H2,1H3,(H,26,31,32). The number of imidazole rings is 1. The summed E-state index contributed by atoms with van der Waals surface area (Å²) < 4.78 is 3.06. The highest BCUT2D eigenvalue weighted by atomic mass is 16.3. The van der Waals surface area contributed by atoms with Crippen molar-refractivity contribution in [3.05, 3.63) is 52.9 Å². The number of hydrogen-bond acceptors (Lipinski definition) is 5. The van der Waals surface area contributed by atoms with Gasteiger partial charge in [0, 0.05) is 38.9 Å². The van der Waals surface area contributed by atoms with Gasteiger partial charge in [-0.15, -0.1) is 0 Å². The number of piperidine rings is 2. The molecule has 0 bridgehead atoms. The van der Waals surface area contributed by atoms with Crippen molar-refractivity contribution in [1.82, 2.24) is 14.5 Å². The molecule has 33 heavy (non-hydrogen) atoms. The van der Waals surface area contributed by atoms with Gasteiger partial charge < -0.3 is 10.0 Å². The van der Waals surface area contributed by atoms with Crippen molar-refractivity contribution in [3.63, 3.8) is 0 Å². The van der Waals surface area contributed by atoms with Crippen molar-refractivity contribution in [2.45, 2.75) is 31.7 Å². The number of amides is 2. The van der Waals surface area contributed by atoms with E-state index in [1.54, 1.807) is 11.6 Å². The minimum Gasteiger partial charge on any atom is -0.396 e. The van der Waals surface area contributed by atoms with Crippen LogP contribution >= 0.6 is 0 Å². The van der Waals surface area contributed by atoms with Gasteiger partial charge in [0.15, 0.2) is 0 Å². The SMILES string of the molecule is Cn1c(=O)n(C2CCC(=O)NC2=O)c2ccc(-c3ccc(N4CCC(CO)CC4)cc3)cc21. The number of aliphatic hydroxyl groups is 1. The normalized spacial score (nSPS) is 19.8. The van der Waals surface area contributed by atoms with Gasteiger partial charge in [-0.2, -0.15) is 0 Å². The minimum atomic E-state index is -0.681. The average molecular weight is 449 g/mol. The number of carbonyl (C=O) groups is 2. The smallest absolute Gasteiger partial charge is 0.329 e. The van der Waals surface area contributed by atoms with Crippen LogP contribution in [-0.4, -0.2) is 45.8 Å². The second-order valence-corrected chi connectivity index (χ2v) is 9.04. The molecule has 172 valence electrons. The van der Waals surface area contributed by atoms with Crippen LogP contribution in [0.1, 0.15) is 31.7 Å². The molecule has 2 fully saturated rings. The monoisotopic (exact) mass is 448 g/mol. The largest absolute Gasteiger partial charge is 0.396 e. The molecule has 3 aromatic rings. The maximum Gasteiger partial charge on any atom is 0.329 e. The second-order valence-electron chi connectivity index (χ2n) is 9.04. The molecule has 2 aliphatic heterocycles. The Morgan fingerprint density at radius 2 is 1.64 bits per heavy atom. The van der Waals surface area contributed by atoms with Gasteiger partial charge in [0.05, 0.1) is 11.0 Å². The summed E-state index contributed by atoms with van der Waals surface area (Å²) in [4.78, 5) is 39.2. The number of aryl methyl sites for hydroxylation is 1. The molecule has 0 saturated carbocycles.